The molecule has 4 rings (SSSR count). The monoisotopic (exact) mass is 391 g/mol. The normalized spacial score (nSPS) is 29.6. The zero-order valence-corrected chi connectivity index (χ0v) is 15.4. The number of hydrogen-bond donors (Lipinski definition) is 2. The summed E-state index contributed by atoms with van der Waals surface area (Å²) in [7, 11) is 0. The fourth-order valence-corrected chi connectivity index (χ4v) is 4.54. The van der Waals surface area contributed by atoms with E-state index in [4.69, 9.17) is 5.73 Å². The first-order chi connectivity index (χ1) is 13.2. The van der Waals surface area contributed by atoms with Crippen molar-refractivity contribution in [3.8, 4) is 0 Å². The number of imide groups is 1. The standard InChI is InChI=1S/C20H23F2N3O3/c21-20(22)6-5-12(15(23)9-20)7-11-1-2-14-13(8-11)10-25(19(14)28)16-3-4-17(26)24-18(16)27/h1-2,8,12,15-16H,3-7,9-10,23H2,(H,24,26,27)/t12-,15+,16?/m1/s1. The van der Waals surface area contributed by atoms with Crippen molar-refractivity contribution in [1.82, 2.24) is 10.2 Å². The van der Waals surface area contributed by atoms with Crippen molar-refractivity contribution in [3.63, 3.8) is 0 Å². The maximum Gasteiger partial charge on any atom is 0.255 e. The highest BCUT2D eigenvalue weighted by atomic mass is 19.3. The summed E-state index contributed by atoms with van der Waals surface area (Å²) in [6.45, 7) is 0.309. The van der Waals surface area contributed by atoms with Gasteiger partial charge in [0.25, 0.3) is 5.91 Å². The molecule has 1 saturated carbocycles. The summed E-state index contributed by atoms with van der Waals surface area (Å²) >= 11 is 0. The molecule has 3 aliphatic rings. The fourth-order valence-electron chi connectivity index (χ4n) is 4.54. The van der Waals surface area contributed by atoms with Gasteiger partial charge in [-0.3, -0.25) is 19.7 Å². The SMILES string of the molecule is N[C@H]1CC(F)(F)CC[C@@H]1Cc1ccc2c(c1)CN(C1CCC(=O)NC1=O)C2=O. The fraction of sp³-hybridized carbons (Fsp3) is 0.550. The van der Waals surface area contributed by atoms with Gasteiger partial charge in [-0.1, -0.05) is 12.1 Å². The van der Waals surface area contributed by atoms with Crippen LogP contribution in [0, 0.1) is 5.92 Å². The van der Waals surface area contributed by atoms with Gasteiger partial charge in [-0.2, -0.15) is 0 Å². The molecule has 0 bridgehead atoms. The lowest BCUT2D eigenvalue weighted by atomic mass is 9.79. The lowest BCUT2D eigenvalue weighted by Crippen LogP contribution is -2.52. The average molecular weight is 391 g/mol. The van der Waals surface area contributed by atoms with Gasteiger partial charge in [-0.05, 0) is 42.4 Å². The van der Waals surface area contributed by atoms with Crippen LogP contribution in [0.5, 0.6) is 0 Å². The number of nitrogens with zero attached hydrogens (tertiary/aromatic N) is 1. The van der Waals surface area contributed by atoms with Crippen molar-refractivity contribution >= 4 is 17.7 Å². The molecule has 1 unspecified atom stereocenters. The molecule has 1 saturated heterocycles. The van der Waals surface area contributed by atoms with Crippen LogP contribution in [0.25, 0.3) is 0 Å². The van der Waals surface area contributed by atoms with Crippen molar-refractivity contribution < 1.29 is 23.2 Å². The van der Waals surface area contributed by atoms with Gasteiger partial charge in [0.1, 0.15) is 6.04 Å². The van der Waals surface area contributed by atoms with Crippen LogP contribution in [0.1, 0.15) is 53.6 Å². The summed E-state index contributed by atoms with van der Waals surface area (Å²) in [6.07, 6.45) is 1.08. The first-order valence-electron chi connectivity index (χ1n) is 9.63. The van der Waals surface area contributed by atoms with Crippen LogP contribution in [0.3, 0.4) is 0 Å². The Labute approximate surface area is 161 Å². The molecule has 150 valence electrons. The summed E-state index contributed by atoms with van der Waals surface area (Å²) in [5, 5.41) is 2.28. The van der Waals surface area contributed by atoms with E-state index in [2.05, 4.69) is 5.32 Å². The van der Waals surface area contributed by atoms with Gasteiger partial charge >= 0.3 is 0 Å². The number of nitrogens with one attached hydrogen (secondary N) is 1. The Bertz CT molecular complexity index is 842. The van der Waals surface area contributed by atoms with Crippen LogP contribution in [-0.4, -0.2) is 40.6 Å². The molecule has 0 radical (unpaired) electrons. The molecule has 1 aromatic rings. The molecule has 28 heavy (non-hydrogen) atoms. The molecular formula is C20H23F2N3O3. The molecule has 1 aromatic carbocycles. The first kappa shape index (κ1) is 19.0. The average Bonchev–Trinajstić information content (AvgIpc) is 2.93. The van der Waals surface area contributed by atoms with Gasteiger partial charge in [0.2, 0.25) is 17.7 Å². The summed E-state index contributed by atoms with van der Waals surface area (Å²) in [5.74, 6) is -3.66. The van der Waals surface area contributed by atoms with Crippen LogP contribution >= 0.6 is 0 Å². The van der Waals surface area contributed by atoms with Crippen molar-refractivity contribution in [2.45, 2.75) is 63.1 Å². The lowest BCUT2D eigenvalue weighted by molar-refractivity contribution is -0.136. The van der Waals surface area contributed by atoms with Crippen LogP contribution in [0.15, 0.2) is 18.2 Å². The number of nitrogens with two attached hydrogens (primary N) is 1. The van der Waals surface area contributed by atoms with Crippen LogP contribution in [0.4, 0.5) is 8.78 Å². The molecule has 2 heterocycles. The minimum Gasteiger partial charge on any atom is -0.327 e. The second-order valence-electron chi connectivity index (χ2n) is 8.12. The molecule has 2 fully saturated rings. The Morgan fingerprint density at radius 1 is 1.21 bits per heavy atom. The molecule has 2 aliphatic heterocycles. The number of amides is 3. The summed E-state index contributed by atoms with van der Waals surface area (Å²) in [5.41, 5.74) is 8.30. The number of rotatable bonds is 3. The van der Waals surface area contributed by atoms with E-state index in [0.29, 0.717) is 31.4 Å². The summed E-state index contributed by atoms with van der Waals surface area (Å²) in [6, 6.07) is 4.30. The van der Waals surface area contributed by atoms with E-state index in [0.717, 1.165) is 11.1 Å². The number of carbonyl (C=O) groups is 3. The predicted molar refractivity (Wildman–Crippen MR) is 96.5 cm³/mol. The number of fused-ring (bicyclic) bond motifs is 1. The van der Waals surface area contributed by atoms with Gasteiger partial charge in [-0.25, -0.2) is 8.78 Å². The van der Waals surface area contributed by atoms with Gasteiger partial charge in [0.05, 0.1) is 0 Å². The third kappa shape index (κ3) is 3.53. The number of hydrogen-bond acceptors (Lipinski definition) is 4. The van der Waals surface area contributed by atoms with E-state index in [-0.39, 0.29) is 37.0 Å². The van der Waals surface area contributed by atoms with Crippen molar-refractivity contribution in [2.75, 3.05) is 0 Å². The van der Waals surface area contributed by atoms with E-state index in [9.17, 15) is 23.2 Å². The lowest BCUT2D eigenvalue weighted by Gasteiger charge is -2.33. The number of carbonyl (C=O) groups excluding carboxylic acids is 3. The number of benzene rings is 1. The van der Waals surface area contributed by atoms with E-state index >= 15 is 0 Å². The van der Waals surface area contributed by atoms with E-state index in [1.165, 1.54) is 4.90 Å². The molecular weight excluding hydrogens is 368 g/mol. The first-order valence-corrected chi connectivity index (χ1v) is 9.63. The second kappa shape index (κ2) is 6.92. The molecule has 3 atom stereocenters. The van der Waals surface area contributed by atoms with Gasteiger partial charge in [0.15, 0.2) is 0 Å². The van der Waals surface area contributed by atoms with Crippen molar-refractivity contribution in [1.29, 1.82) is 0 Å². The molecule has 3 N–H and O–H groups in total. The number of halogens is 2. The van der Waals surface area contributed by atoms with Crippen molar-refractivity contribution in [2.24, 2.45) is 11.7 Å². The quantitative estimate of drug-likeness (QED) is 0.768. The zero-order valence-electron chi connectivity index (χ0n) is 15.4. The Morgan fingerprint density at radius 2 is 2.00 bits per heavy atom. The van der Waals surface area contributed by atoms with Gasteiger partial charge in [-0.15, -0.1) is 0 Å². The Kier molecular flexibility index (Phi) is 4.69. The molecule has 8 heteroatoms. The minimum atomic E-state index is -2.68. The molecule has 6 nitrogen and oxygen atoms in total. The Hall–Kier alpha value is -2.35. The summed E-state index contributed by atoms with van der Waals surface area (Å²) in [4.78, 5) is 37.7. The second-order valence-corrected chi connectivity index (χ2v) is 8.12. The maximum atomic E-state index is 13.5. The topological polar surface area (TPSA) is 92.5 Å². The zero-order chi connectivity index (χ0) is 20.1. The van der Waals surface area contributed by atoms with Gasteiger partial charge < -0.3 is 10.6 Å². The Morgan fingerprint density at radius 3 is 2.71 bits per heavy atom. The molecule has 1 aliphatic carbocycles. The summed E-state index contributed by atoms with van der Waals surface area (Å²) < 4.78 is 27.0. The van der Waals surface area contributed by atoms with Gasteiger partial charge in [0, 0.05) is 37.4 Å². The molecule has 0 spiro atoms. The highest BCUT2D eigenvalue weighted by Crippen LogP contribution is 2.37. The number of alkyl halides is 2. The number of piperidine rings is 1. The van der Waals surface area contributed by atoms with Crippen molar-refractivity contribution in [3.05, 3.63) is 34.9 Å². The molecule has 0 aromatic heterocycles. The predicted octanol–water partition coefficient (Wildman–Crippen LogP) is 1.75. The highest BCUT2D eigenvalue weighted by molar-refractivity contribution is 6.05. The van der Waals surface area contributed by atoms with E-state index in [1.807, 2.05) is 12.1 Å². The third-order valence-corrected chi connectivity index (χ3v) is 6.11. The minimum absolute atomic E-state index is 0.0129. The Balaban J connectivity index is 1.47. The van der Waals surface area contributed by atoms with E-state index < -0.39 is 23.9 Å². The van der Waals surface area contributed by atoms with Crippen LogP contribution in [0.2, 0.25) is 0 Å². The highest BCUT2D eigenvalue weighted by Gasteiger charge is 2.41. The van der Waals surface area contributed by atoms with Crippen LogP contribution < -0.4 is 11.1 Å². The third-order valence-electron chi connectivity index (χ3n) is 6.11. The molecule has 3 amide bonds. The largest absolute Gasteiger partial charge is 0.327 e. The van der Waals surface area contributed by atoms with E-state index in [1.54, 1.807) is 6.07 Å². The maximum absolute atomic E-state index is 13.5. The smallest absolute Gasteiger partial charge is 0.255 e. The van der Waals surface area contributed by atoms with Crippen LogP contribution in [-0.2, 0) is 22.6 Å².